The molecule has 0 atom stereocenters. The second-order valence-corrected chi connectivity index (χ2v) is 8.39. The number of hydrogen-bond acceptors (Lipinski definition) is 5. The fourth-order valence-electron chi connectivity index (χ4n) is 4.35. The maximum Gasteiger partial charge on any atom is 0.309 e. The number of aromatic nitrogens is 2. The van der Waals surface area contributed by atoms with Crippen molar-refractivity contribution in [2.45, 2.75) is 33.2 Å². The monoisotopic (exact) mass is 451 g/mol. The van der Waals surface area contributed by atoms with E-state index in [0.717, 1.165) is 48.4 Å². The predicted molar refractivity (Wildman–Crippen MR) is 125 cm³/mol. The second kappa shape index (κ2) is 10.2. The Kier molecular flexibility index (Phi) is 7.08. The molecule has 2 heterocycles. The van der Waals surface area contributed by atoms with Crippen LogP contribution >= 0.6 is 0 Å². The zero-order valence-corrected chi connectivity index (χ0v) is 19.4. The van der Waals surface area contributed by atoms with Gasteiger partial charge in [-0.1, -0.05) is 18.2 Å². The zero-order chi connectivity index (χ0) is 23.4. The third-order valence-electron chi connectivity index (χ3n) is 6.18. The van der Waals surface area contributed by atoms with E-state index in [1.54, 1.807) is 6.07 Å². The summed E-state index contributed by atoms with van der Waals surface area (Å²) in [4.78, 5) is 14.4. The van der Waals surface area contributed by atoms with Gasteiger partial charge in [-0.05, 0) is 69.6 Å². The van der Waals surface area contributed by atoms with Crippen molar-refractivity contribution in [1.82, 2.24) is 14.7 Å². The lowest BCUT2D eigenvalue weighted by atomic mass is 9.96. The molecular formula is C26H30FN3O3. The van der Waals surface area contributed by atoms with E-state index >= 15 is 0 Å². The van der Waals surface area contributed by atoms with Crippen molar-refractivity contribution in [3.05, 3.63) is 65.6 Å². The average molecular weight is 452 g/mol. The van der Waals surface area contributed by atoms with Crippen LogP contribution in [0.2, 0.25) is 0 Å². The van der Waals surface area contributed by atoms with Gasteiger partial charge in [-0.25, -0.2) is 9.07 Å². The number of esters is 1. The van der Waals surface area contributed by atoms with Gasteiger partial charge >= 0.3 is 5.97 Å². The van der Waals surface area contributed by atoms with Crippen LogP contribution < -0.4 is 4.74 Å². The Morgan fingerprint density at radius 1 is 1.18 bits per heavy atom. The first-order valence-electron chi connectivity index (χ1n) is 11.4. The van der Waals surface area contributed by atoms with E-state index in [0.29, 0.717) is 18.7 Å². The summed E-state index contributed by atoms with van der Waals surface area (Å²) in [6, 6.07) is 13.0. The van der Waals surface area contributed by atoms with Crippen molar-refractivity contribution in [1.29, 1.82) is 0 Å². The molecule has 33 heavy (non-hydrogen) atoms. The van der Waals surface area contributed by atoms with Gasteiger partial charge in [-0.3, -0.25) is 9.69 Å². The summed E-state index contributed by atoms with van der Waals surface area (Å²) < 4.78 is 26.6. The molecule has 1 aromatic heterocycles. The number of benzene rings is 2. The number of carbonyl (C=O) groups is 1. The Bertz CT molecular complexity index is 1120. The van der Waals surface area contributed by atoms with Gasteiger partial charge < -0.3 is 9.47 Å². The first-order valence-corrected chi connectivity index (χ1v) is 11.4. The summed E-state index contributed by atoms with van der Waals surface area (Å²) in [5.74, 6) is -0.341. The van der Waals surface area contributed by atoms with Crippen LogP contribution in [0.25, 0.3) is 16.9 Å². The first kappa shape index (κ1) is 23.0. The van der Waals surface area contributed by atoms with Crippen molar-refractivity contribution < 1.29 is 18.7 Å². The van der Waals surface area contributed by atoms with Gasteiger partial charge in [0, 0.05) is 23.9 Å². The Morgan fingerprint density at radius 3 is 2.61 bits per heavy atom. The minimum atomic E-state index is -0.415. The molecule has 2 aromatic carbocycles. The van der Waals surface area contributed by atoms with Crippen LogP contribution in [0.4, 0.5) is 4.39 Å². The maximum absolute atomic E-state index is 14.5. The number of piperidine rings is 1. The average Bonchev–Trinajstić information content (AvgIpc) is 3.23. The van der Waals surface area contributed by atoms with E-state index < -0.39 is 5.82 Å². The molecule has 4 rings (SSSR count). The first-order chi connectivity index (χ1) is 16.0. The highest BCUT2D eigenvalue weighted by Crippen LogP contribution is 2.30. The number of halogens is 1. The van der Waals surface area contributed by atoms with Crippen molar-refractivity contribution in [2.75, 3.05) is 26.8 Å². The smallest absolute Gasteiger partial charge is 0.309 e. The lowest BCUT2D eigenvalue weighted by Crippen LogP contribution is -2.36. The van der Waals surface area contributed by atoms with Gasteiger partial charge in [0.25, 0.3) is 0 Å². The number of hydrogen-bond donors (Lipinski definition) is 0. The van der Waals surface area contributed by atoms with Gasteiger partial charge in [0.15, 0.2) is 11.6 Å². The summed E-state index contributed by atoms with van der Waals surface area (Å²) in [6.45, 7) is 6.57. The molecule has 0 unspecified atom stereocenters. The van der Waals surface area contributed by atoms with Crippen LogP contribution in [0, 0.1) is 18.7 Å². The molecule has 0 radical (unpaired) electrons. The molecule has 174 valence electrons. The third-order valence-corrected chi connectivity index (χ3v) is 6.18. The van der Waals surface area contributed by atoms with Gasteiger partial charge in [0.05, 0.1) is 31.0 Å². The van der Waals surface area contributed by atoms with Gasteiger partial charge in [-0.2, -0.15) is 5.10 Å². The highest BCUT2D eigenvalue weighted by atomic mass is 19.1. The molecular weight excluding hydrogens is 421 g/mol. The number of methoxy groups -OCH3 is 1. The van der Waals surface area contributed by atoms with Crippen LogP contribution in [0.3, 0.4) is 0 Å². The second-order valence-electron chi connectivity index (χ2n) is 8.39. The molecule has 1 fully saturated rings. The number of rotatable bonds is 7. The van der Waals surface area contributed by atoms with E-state index in [4.69, 9.17) is 14.6 Å². The number of para-hydroxylation sites is 1. The van der Waals surface area contributed by atoms with E-state index in [9.17, 15) is 9.18 Å². The van der Waals surface area contributed by atoms with E-state index in [1.165, 1.54) is 13.2 Å². The molecule has 0 spiro atoms. The lowest BCUT2D eigenvalue weighted by molar-refractivity contribution is -0.149. The summed E-state index contributed by atoms with van der Waals surface area (Å²) >= 11 is 0. The third kappa shape index (κ3) is 5.09. The van der Waals surface area contributed by atoms with Crippen LogP contribution in [0.15, 0.2) is 48.7 Å². The Labute approximate surface area is 193 Å². The zero-order valence-electron chi connectivity index (χ0n) is 19.4. The van der Waals surface area contributed by atoms with Gasteiger partial charge in [-0.15, -0.1) is 0 Å². The normalized spacial score (nSPS) is 14.9. The fourth-order valence-corrected chi connectivity index (χ4v) is 4.35. The SMILES string of the molecule is CCOC(=O)C1CCN(Cc2cn(-c3ccccc3C)nc2-c2ccc(OC)c(F)c2)CC1. The van der Waals surface area contributed by atoms with Crippen LogP contribution in [-0.4, -0.2) is 47.5 Å². The molecule has 0 N–H and O–H groups in total. The molecule has 1 aliphatic rings. The Hall–Kier alpha value is -3.19. The molecule has 3 aromatic rings. The predicted octanol–water partition coefficient (Wildman–Crippen LogP) is 4.77. The van der Waals surface area contributed by atoms with Crippen LogP contribution in [-0.2, 0) is 16.1 Å². The van der Waals surface area contributed by atoms with Crippen LogP contribution in [0.5, 0.6) is 5.75 Å². The van der Waals surface area contributed by atoms with E-state index in [1.807, 2.05) is 55.1 Å². The topological polar surface area (TPSA) is 56.6 Å². The Balaban J connectivity index is 1.62. The van der Waals surface area contributed by atoms with E-state index in [2.05, 4.69) is 4.90 Å². The van der Waals surface area contributed by atoms with Crippen molar-refractivity contribution in [3.8, 4) is 22.7 Å². The minimum absolute atomic E-state index is 0.0361. The summed E-state index contributed by atoms with van der Waals surface area (Å²) in [6.07, 6.45) is 3.58. The number of aryl methyl sites for hydroxylation is 1. The highest BCUT2D eigenvalue weighted by molar-refractivity contribution is 5.72. The molecule has 1 saturated heterocycles. The lowest BCUT2D eigenvalue weighted by Gasteiger charge is -2.30. The van der Waals surface area contributed by atoms with E-state index in [-0.39, 0.29) is 17.6 Å². The molecule has 0 aliphatic carbocycles. The molecule has 1 aliphatic heterocycles. The largest absolute Gasteiger partial charge is 0.494 e. The molecule has 7 heteroatoms. The number of likely N-dealkylation sites (tertiary alicyclic amines) is 1. The number of ether oxygens (including phenoxy) is 2. The summed E-state index contributed by atoms with van der Waals surface area (Å²) in [5.41, 5.74) is 4.55. The van der Waals surface area contributed by atoms with Crippen molar-refractivity contribution >= 4 is 5.97 Å². The molecule has 6 nitrogen and oxygen atoms in total. The van der Waals surface area contributed by atoms with Gasteiger partial charge in [0.2, 0.25) is 0 Å². The van der Waals surface area contributed by atoms with Crippen molar-refractivity contribution in [2.24, 2.45) is 5.92 Å². The fraction of sp³-hybridized carbons (Fsp3) is 0.385. The highest BCUT2D eigenvalue weighted by Gasteiger charge is 2.27. The standard InChI is InChI=1S/C26H30FN3O3/c1-4-33-26(31)19-11-13-29(14-12-19)16-21-17-30(23-8-6-5-7-18(23)2)28-25(21)20-9-10-24(32-3)22(27)15-20/h5-10,15,17,19H,4,11-14,16H2,1-3H3. The molecule has 0 amide bonds. The van der Waals surface area contributed by atoms with Gasteiger partial charge in [0.1, 0.15) is 0 Å². The minimum Gasteiger partial charge on any atom is -0.494 e. The summed E-state index contributed by atoms with van der Waals surface area (Å²) in [5, 5.41) is 4.85. The Morgan fingerprint density at radius 2 is 1.94 bits per heavy atom. The van der Waals surface area contributed by atoms with Crippen LogP contribution in [0.1, 0.15) is 30.9 Å². The number of nitrogens with zero attached hydrogens (tertiary/aromatic N) is 3. The quantitative estimate of drug-likeness (QED) is 0.485. The summed E-state index contributed by atoms with van der Waals surface area (Å²) in [7, 11) is 1.45. The molecule has 0 bridgehead atoms. The number of carbonyl (C=O) groups excluding carboxylic acids is 1. The maximum atomic E-state index is 14.5. The van der Waals surface area contributed by atoms with Crippen molar-refractivity contribution in [3.63, 3.8) is 0 Å². The molecule has 0 saturated carbocycles.